The minimum atomic E-state index is -3.13. The van der Waals surface area contributed by atoms with Crippen LogP contribution >= 0.6 is 0 Å². The second-order valence-electron chi connectivity index (χ2n) is 9.29. The van der Waals surface area contributed by atoms with Crippen LogP contribution in [0.4, 0.5) is 13.2 Å². The average molecular weight is 529 g/mol. The van der Waals surface area contributed by atoms with E-state index in [1.165, 1.54) is 41.1 Å². The Hall–Kier alpha value is -3.66. The van der Waals surface area contributed by atoms with Crippen molar-refractivity contribution in [3.63, 3.8) is 0 Å². The van der Waals surface area contributed by atoms with E-state index in [1.807, 2.05) is 0 Å². The van der Waals surface area contributed by atoms with Crippen LogP contribution in [0.15, 0.2) is 57.9 Å². The Balaban J connectivity index is 1.68. The smallest absolute Gasteiger partial charge is 0.255 e. The molecule has 2 aromatic heterocycles. The van der Waals surface area contributed by atoms with Crippen LogP contribution in [-0.2, 0) is 9.84 Å². The molecule has 0 spiro atoms. The lowest BCUT2D eigenvalue weighted by atomic mass is 10.0. The van der Waals surface area contributed by atoms with E-state index in [0.717, 1.165) is 12.1 Å². The molecule has 6 nitrogen and oxygen atoms in total. The molecule has 0 aliphatic carbocycles. The number of hydrogen-bond donors (Lipinski definition) is 0. The van der Waals surface area contributed by atoms with E-state index < -0.39 is 27.3 Å². The Kier molecular flexibility index (Phi) is 6.31. The van der Waals surface area contributed by atoms with Gasteiger partial charge in [-0.2, -0.15) is 0 Å². The van der Waals surface area contributed by atoms with Crippen molar-refractivity contribution in [1.82, 2.24) is 9.55 Å². The van der Waals surface area contributed by atoms with Crippen LogP contribution in [0, 0.1) is 31.3 Å². The van der Waals surface area contributed by atoms with Crippen molar-refractivity contribution in [3.8, 4) is 28.3 Å². The van der Waals surface area contributed by atoms with Crippen LogP contribution in [0.3, 0.4) is 0 Å². The number of sulfone groups is 1. The first kappa shape index (κ1) is 25.0. The zero-order chi connectivity index (χ0) is 26.5. The van der Waals surface area contributed by atoms with E-state index >= 15 is 0 Å². The molecule has 0 N–H and O–H groups in total. The Morgan fingerprint density at radius 2 is 1.62 bits per heavy atom. The molecule has 0 bridgehead atoms. The van der Waals surface area contributed by atoms with E-state index in [2.05, 4.69) is 4.98 Å². The van der Waals surface area contributed by atoms with Crippen LogP contribution in [0.25, 0.3) is 28.3 Å². The molecule has 0 unspecified atom stereocenters. The minimum absolute atomic E-state index is 0.0103. The summed E-state index contributed by atoms with van der Waals surface area (Å²) in [5.74, 6) is -2.06. The average Bonchev–Trinajstić information content (AvgIpc) is 3.24. The van der Waals surface area contributed by atoms with E-state index in [-0.39, 0.29) is 45.9 Å². The molecule has 37 heavy (non-hydrogen) atoms. The Morgan fingerprint density at radius 3 is 2.27 bits per heavy atom. The topological polar surface area (TPSA) is 82.2 Å². The maximum atomic E-state index is 14.8. The van der Waals surface area contributed by atoms with Gasteiger partial charge in [0.1, 0.15) is 33.0 Å². The molecule has 1 saturated heterocycles. The fourth-order valence-electron chi connectivity index (χ4n) is 4.79. The second-order valence-corrected chi connectivity index (χ2v) is 11.6. The summed E-state index contributed by atoms with van der Waals surface area (Å²) in [6.07, 6.45) is 2.13. The van der Waals surface area contributed by atoms with Gasteiger partial charge in [0, 0.05) is 29.8 Å². The van der Waals surface area contributed by atoms with Gasteiger partial charge in [0.15, 0.2) is 11.7 Å². The number of pyridine rings is 1. The number of benzene rings is 2. The van der Waals surface area contributed by atoms with Crippen LogP contribution < -0.4 is 5.56 Å². The highest BCUT2D eigenvalue weighted by atomic mass is 32.2. The molecule has 5 rings (SSSR count). The van der Waals surface area contributed by atoms with Crippen LogP contribution in [-0.4, -0.2) is 29.5 Å². The molecule has 1 aliphatic rings. The molecule has 0 radical (unpaired) electrons. The standard InChI is InChI=1S/C27H23F3N2O4S/c1-15-11-20(29)12-16(2)25(15)32-14-18(3-6-23(32)33)24-26(21-5-4-19(28)13-22(21)30)36-27(31-24)17-7-9-37(34,35)10-8-17/h3-6,11-14,17H,7-10H2,1-2H3. The number of hydrogen-bond acceptors (Lipinski definition) is 5. The summed E-state index contributed by atoms with van der Waals surface area (Å²) < 4.78 is 73.6. The number of aromatic nitrogens is 2. The third-order valence-electron chi connectivity index (χ3n) is 6.60. The highest BCUT2D eigenvalue weighted by Gasteiger charge is 2.30. The monoisotopic (exact) mass is 528 g/mol. The van der Waals surface area contributed by atoms with Gasteiger partial charge in [-0.1, -0.05) is 0 Å². The van der Waals surface area contributed by atoms with E-state index in [9.17, 15) is 26.4 Å². The maximum Gasteiger partial charge on any atom is 0.255 e. The van der Waals surface area contributed by atoms with E-state index in [0.29, 0.717) is 35.2 Å². The highest BCUT2D eigenvalue weighted by molar-refractivity contribution is 7.91. The third kappa shape index (κ3) is 4.85. The van der Waals surface area contributed by atoms with Gasteiger partial charge in [-0.25, -0.2) is 26.6 Å². The fourth-order valence-corrected chi connectivity index (χ4v) is 6.28. The number of rotatable bonds is 4. The van der Waals surface area contributed by atoms with E-state index in [1.54, 1.807) is 13.8 Å². The lowest BCUT2D eigenvalue weighted by Crippen LogP contribution is -2.22. The molecule has 0 atom stereocenters. The number of oxazole rings is 1. The quantitative estimate of drug-likeness (QED) is 0.350. The van der Waals surface area contributed by atoms with Gasteiger partial charge >= 0.3 is 0 Å². The number of aryl methyl sites for hydroxylation is 2. The van der Waals surface area contributed by atoms with Crippen LogP contribution in [0.5, 0.6) is 0 Å². The van der Waals surface area contributed by atoms with Crippen molar-refractivity contribution >= 4 is 9.84 Å². The van der Waals surface area contributed by atoms with Gasteiger partial charge in [-0.15, -0.1) is 0 Å². The first-order valence-corrected chi connectivity index (χ1v) is 13.5. The molecule has 0 amide bonds. The molecule has 4 aromatic rings. The van der Waals surface area contributed by atoms with E-state index in [4.69, 9.17) is 4.42 Å². The zero-order valence-electron chi connectivity index (χ0n) is 20.1. The lowest BCUT2D eigenvalue weighted by Gasteiger charge is -2.18. The fraction of sp³-hybridized carbons (Fsp3) is 0.259. The summed E-state index contributed by atoms with van der Waals surface area (Å²) >= 11 is 0. The largest absolute Gasteiger partial charge is 0.440 e. The predicted octanol–water partition coefficient (Wildman–Crippen LogP) is 5.49. The van der Waals surface area contributed by atoms with Crippen molar-refractivity contribution in [1.29, 1.82) is 0 Å². The lowest BCUT2D eigenvalue weighted by molar-refractivity contribution is 0.429. The number of halogens is 3. The zero-order valence-corrected chi connectivity index (χ0v) is 20.9. The molecule has 192 valence electrons. The van der Waals surface area contributed by atoms with Crippen molar-refractivity contribution < 1.29 is 26.0 Å². The van der Waals surface area contributed by atoms with Crippen LogP contribution in [0.2, 0.25) is 0 Å². The summed E-state index contributed by atoms with van der Waals surface area (Å²) in [5, 5.41) is 0. The molecule has 2 aromatic carbocycles. The summed E-state index contributed by atoms with van der Waals surface area (Å²) in [4.78, 5) is 17.4. The molecule has 1 aliphatic heterocycles. The van der Waals surface area contributed by atoms with Crippen molar-refractivity contribution in [2.75, 3.05) is 11.5 Å². The van der Waals surface area contributed by atoms with Gasteiger partial charge in [-0.05, 0) is 68.1 Å². The van der Waals surface area contributed by atoms with Gasteiger partial charge in [0.2, 0.25) is 0 Å². The molecular formula is C27H23F3N2O4S. The first-order valence-electron chi connectivity index (χ1n) is 11.7. The summed E-state index contributed by atoms with van der Waals surface area (Å²) in [5.41, 5.74) is 1.85. The summed E-state index contributed by atoms with van der Waals surface area (Å²) in [7, 11) is -3.13. The third-order valence-corrected chi connectivity index (χ3v) is 8.32. The molecule has 10 heteroatoms. The number of nitrogens with zero attached hydrogens (tertiary/aromatic N) is 2. The minimum Gasteiger partial charge on any atom is -0.440 e. The van der Waals surface area contributed by atoms with Crippen molar-refractivity contribution in [2.24, 2.45) is 0 Å². The summed E-state index contributed by atoms with van der Waals surface area (Å²) in [6, 6.07) is 8.57. The highest BCUT2D eigenvalue weighted by Crippen LogP contribution is 2.39. The second kappa shape index (κ2) is 9.33. The van der Waals surface area contributed by atoms with Gasteiger partial charge < -0.3 is 4.42 Å². The normalized spacial score (nSPS) is 15.7. The van der Waals surface area contributed by atoms with Gasteiger partial charge in [-0.3, -0.25) is 9.36 Å². The van der Waals surface area contributed by atoms with Gasteiger partial charge in [0.05, 0.1) is 22.8 Å². The summed E-state index contributed by atoms with van der Waals surface area (Å²) in [6.45, 7) is 3.38. The SMILES string of the molecule is Cc1cc(F)cc(C)c1-n1cc(-c2nc(C3CCS(=O)(=O)CC3)oc2-c2ccc(F)cc2F)ccc1=O. The molecule has 3 heterocycles. The Labute approximate surface area is 211 Å². The maximum absolute atomic E-state index is 14.8. The van der Waals surface area contributed by atoms with Gasteiger partial charge in [0.25, 0.3) is 5.56 Å². The Bertz CT molecular complexity index is 1660. The molecular weight excluding hydrogens is 505 g/mol. The predicted molar refractivity (Wildman–Crippen MR) is 133 cm³/mol. The van der Waals surface area contributed by atoms with Crippen molar-refractivity contribution in [2.45, 2.75) is 32.6 Å². The van der Waals surface area contributed by atoms with Crippen molar-refractivity contribution in [3.05, 3.63) is 93.5 Å². The van der Waals surface area contributed by atoms with Crippen LogP contribution in [0.1, 0.15) is 35.8 Å². The molecule has 0 saturated carbocycles. The Morgan fingerprint density at radius 1 is 0.946 bits per heavy atom. The first-order chi connectivity index (χ1) is 17.5. The molecule has 1 fully saturated rings.